The summed E-state index contributed by atoms with van der Waals surface area (Å²) in [5.41, 5.74) is 9.62. The molecule has 0 aliphatic rings. The van der Waals surface area contributed by atoms with Crippen molar-refractivity contribution in [3.63, 3.8) is 0 Å². The van der Waals surface area contributed by atoms with Crippen LogP contribution in [0.4, 0.5) is 5.69 Å². The second-order valence-corrected chi connectivity index (χ2v) is 5.21. The molecule has 2 aromatic carbocycles. The van der Waals surface area contributed by atoms with E-state index in [1.807, 2.05) is 19.1 Å². The third-order valence-corrected chi connectivity index (χ3v) is 3.65. The molecule has 112 valence electrons. The van der Waals surface area contributed by atoms with Gasteiger partial charge in [0.15, 0.2) is 0 Å². The fourth-order valence-corrected chi connectivity index (χ4v) is 2.52. The van der Waals surface area contributed by atoms with Gasteiger partial charge in [-0.15, -0.1) is 0 Å². The highest BCUT2D eigenvalue weighted by Gasteiger charge is 2.16. The summed E-state index contributed by atoms with van der Waals surface area (Å²) in [6.07, 6.45) is 0. The van der Waals surface area contributed by atoms with Gasteiger partial charge in [-0.25, -0.2) is 0 Å². The first kappa shape index (κ1) is 15.4. The van der Waals surface area contributed by atoms with Gasteiger partial charge in [-0.1, -0.05) is 24.3 Å². The molecule has 1 unspecified atom stereocenters. The number of nitrogens with two attached hydrogens (primary N) is 1. The molecule has 0 amide bonds. The lowest BCUT2D eigenvalue weighted by atomic mass is 10.0. The van der Waals surface area contributed by atoms with Gasteiger partial charge in [-0.2, -0.15) is 0 Å². The molecular weight excluding hydrogens is 260 g/mol. The van der Waals surface area contributed by atoms with E-state index in [1.54, 1.807) is 0 Å². The third kappa shape index (κ3) is 3.76. The van der Waals surface area contributed by atoms with Gasteiger partial charge in [-0.3, -0.25) is 0 Å². The fourth-order valence-electron chi connectivity index (χ4n) is 2.52. The molecule has 0 saturated carbocycles. The number of benzene rings is 2. The van der Waals surface area contributed by atoms with E-state index < -0.39 is 0 Å². The van der Waals surface area contributed by atoms with Crippen molar-refractivity contribution in [3.05, 3.63) is 59.7 Å². The summed E-state index contributed by atoms with van der Waals surface area (Å²) in [5, 5.41) is 0. The molecule has 2 N–H and O–H groups in total. The van der Waals surface area contributed by atoms with Crippen LogP contribution in [0.2, 0.25) is 0 Å². The number of rotatable bonds is 6. The Bertz CT molecular complexity index is 583. The van der Waals surface area contributed by atoms with Gasteiger partial charge in [0, 0.05) is 19.3 Å². The van der Waals surface area contributed by atoms with Crippen LogP contribution in [0.3, 0.4) is 0 Å². The van der Waals surface area contributed by atoms with Crippen LogP contribution in [0.15, 0.2) is 48.5 Å². The second-order valence-electron chi connectivity index (χ2n) is 5.21. The maximum atomic E-state index is 6.02. The van der Waals surface area contributed by atoms with E-state index >= 15 is 0 Å². The Labute approximate surface area is 127 Å². The highest BCUT2D eigenvalue weighted by molar-refractivity contribution is 5.50. The van der Waals surface area contributed by atoms with Crippen LogP contribution in [0, 0.1) is 6.92 Å². The lowest BCUT2D eigenvalue weighted by Crippen LogP contribution is -2.30. The monoisotopic (exact) mass is 284 g/mol. The maximum Gasteiger partial charge on any atom is 0.119 e. The van der Waals surface area contributed by atoms with E-state index in [-0.39, 0.29) is 6.04 Å². The Kier molecular flexibility index (Phi) is 5.23. The lowest BCUT2D eigenvalue weighted by molar-refractivity contribution is 0.339. The van der Waals surface area contributed by atoms with Crippen LogP contribution < -0.4 is 15.4 Å². The van der Waals surface area contributed by atoms with Crippen LogP contribution in [-0.4, -0.2) is 20.2 Å². The average Bonchev–Trinajstić information content (AvgIpc) is 2.49. The van der Waals surface area contributed by atoms with Crippen molar-refractivity contribution in [3.8, 4) is 5.75 Å². The fraction of sp³-hybridized carbons (Fsp3) is 0.333. The van der Waals surface area contributed by atoms with Crippen molar-refractivity contribution in [1.29, 1.82) is 0 Å². The van der Waals surface area contributed by atoms with Gasteiger partial charge >= 0.3 is 0 Å². The van der Waals surface area contributed by atoms with Crippen LogP contribution in [0.1, 0.15) is 24.1 Å². The summed E-state index contributed by atoms with van der Waals surface area (Å²) >= 11 is 0. The standard InChI is InChI=1S/C18H24N2O/c1-4-21-17-10-6-8-15(12-17)18(13-19)20(3)16-9-5-7-14(2)11-16/h5-12,18H,4,13,19H2,1-3H3. The Morgan fingerprint density at radius 3 is 2.57 bits per heavy atom. The SMILES string of the molecule is CCOc1cccc(C(CN)N(C)c2cccc(C)c2)c1. The molecule has 0 aliphatic carbocycles. The first-order chi connectivity index (χ1) is 10.2. The summed E-state index contributed by atoms with van der Waals surface area (Å²) in [7, 11) is 2.08. The van der Waals surface area contributed by atoms with Gasteiger partial charge in [0.2, 0.25) is 0 Å². The molecule has 0 spiro atoms. The average molecular weight is 284 g/mol. The molecule has 0 heterocycles. The van der Waals surface area contributed by atoms with Gasteiger partial charge in [0.1, 0.15) is 5.75 Å². The number of nitrogens with zero attached hydrogens (tertiary/aromatic N) is 1. The molecule has 0 saturated heterocycles. The van der Waals surface area contributed by atoms with Gasteiger partial charge in [0.05, 0.1) is 12.6 Å². The molecule has 0 fully saturated rings. The van der Waals surface area contributed by atoms with Gasteiger partial charge in [0.25, 0.3) is 0 Å². The number of hydrogen-bond acceptors (Lipinski definition) is 3. The van der Waals surface area contributed by atoms with Crippen LogP contribution in [0.5, 0.6) is 5.75 Å². The first-order valence-electron chi connectivity index (χ1n) is 7.38. The van der Waals surface area contributed by atoms with E-state index in [9.17, 15) is 0 Å². The van der Waals surface area contributed by atoms with Crippen molar-refractivity contribution >= 4 is 5.69 Å². The second kappa shape index (κ2) is 7.14. The summed E-state index contributed by atoms with van der Waals surface area (Å²) in [6, 6.07) is 16.8. The minimum atomic E-state index is 0.132. The molecule has 2 aromatic rings. The molecule has 0 aliphatic heterocycles. The highest BCUT2D eigenvalue weighted by Crippen LogP contribution is 2.27. The molecular formula is C18H24N2O. The van der Waals surface area contributed by atoms with Crippen molar-refractivity contribution in [1.82, 2.24) is 0 Å². The minimum Gasteiger partial charge on any atom is -0.494 e. The topological polar surface area (TPSA) is 38.5 Å². The molecule has 0 radical (unpaired) electrons. The van der Waals surface area contributed by atoms with Gasteiger partial charge in [-0.05, 0) is 49.2 Å². The van der Waals surface area contributed by atoms with Crippen molar-refractivity contribution < 1.29 is 4.74 Å². The quantitative estimate of drug-likeness (QED) is 0.882. The van der Waals surface area contributed by atoms with Crippen molar-refractivity contribution in [2.45, 2.75) is 19.9 Å². The van der Waals surface area contributed by atoms with Crippen LogP contribution in [0.25, 0.3) is 0 Å². The molecule has 0 bridgehead atoms. The minimum absolute atomic E-state index is 0.132. The zero-order chi connectivity index (χ0) is 15.2. The van der Waals surface area contributed by atoms with E-state index in [4.69, 9.17) is 10.5 Å². The molecule has 2 rings (SSSR count). The summed E-state index contributed by atoms with van der Waals surface area (Å²) in [6.45, 7) is 5.32. The first-order valence-corrected chi connectivity index (χ1v) is 7.38. The van der Waals surface area contributed by atoms with Crippen molar-refractivity contribution in [2.75, 3.05) is 25.1 Å². The third-order valence-electron chi connectivity index (χ3n) is 3.65. The molecule has 1 atom stereocenters. The summed E-state index contributed by atoms with van der Waals surface area (Å²) in [4.78, 5) is 2.22. The molecule has 3 heteroatoms. The Hall–Kier alpha value is -2.00. The van der Waals surface area contributed by atoms with Gasteiger partial charge < -0.3 is 15.4 Å². The summed E-state index contributed by atoms with van der Waals surface area (Å²) in [5.74, 6) is 0.895. The maximum absolute atomic E-state index is 6.02. The molecule has 3 nitrogen and oxygen atoms in total. The summed E-state index contributed by atoms with van der Waals surface area (Å²) < 4.78 is 5.59. The van der Waals surface area contributed by atoms with Crippen molar-refractivity contribution in [2.24, 2.45) is 5.73 Å². The Balaban J connectivity index is 2.28. The number of hydrogen-bond donors (Lipinski definition) is 1. The van der Waals surface area contributed by atoms with Crippen LogP contribution >= 0.6 is 0 Å². The normalized spacial score (nSPS) is 12.0. The predicted molar refractivity (Wildman–Crippen MR) is 89.0 cm³/mol. The lowest BCUT2D eigenvalue weighted by Gasteiger charge is -2.30. The highest BCUT2D eigenvalue weighted by atomic mass is 16.5. The molecule has 0 aromatic heterocycles. The van der Waals surface area contributed by atoms with E-state index in [2.05, 4.69) is 55.3 Å². The predicted octanol–water partition coefficient (Wildman–Crippen LogP) is 3.53. The van der Waals surface area contributed by atoms with E-state index in [1.165, 1.54) is 16.8 Å². The Morgan fingerprint density at radius 1 is 1.14 bits per heavy atom. The number of ether oxygens (including phenoxy) is 1. The zero-order valence-electron chi connectivity index (χ0n) is 13.0. The number of anilines is 1. The number of likely N-dealkylation sites (N-methyl/N-ethyl adjacent to an activating group) is 1. The zero-order valence-corrected chi connectivity index (χ0v) is 13.0. The smallest absolute Gasteiger partial charge is 0.119 e. The number of aryl methyl sites for hydroxylation is 1. The van der Waals surface area contributed by atoms with E-state index in [0.717, 1.165) is 5.75 Å². The van der Waals surface area contributed by atoms with E-state index in [0.29, 0.717) is 13.2 Å². The van der Waals surface area contributed by atoms with Crippen LogP contribution in [-0.2, 0) is 0 Å². The largest absolute Gasteiger partial charge is 0.494 e. The molecule has 21 heavy (non-hydrogen) atoms. The Morgan fingerprint density at radius 2 is 1.90 bits per heavy atom.